The van der Waals surface area contributed by atoms with Crippen molar-refractivity contribution in [2.75, 3.05) is 6.61 Å². The van der Waals surface area contributed by atoms with Crippen molar-refractivity contribution < 1.29 is 14.6 Å². The van der Waals surface area contributed by atoms with E-state index in [0.717, 1.165) is 16.9 Å². The van der Waals surface area contributed by atoms with Crippen molar-refractivity contribution in [3.05, 3.63) is 75.5 Å². The summed E-state index contributed by atoms with van der Waals surface area (Å²) < 4.78 is 7.55. The van der Waals surface area contributed by atoms with Crippen molar-refractivity contribution >= 4 is 23.0 Å². The van der Waals surface area contributed by atoms with E-state index in [2.05, 4.69) is 10.5 Å². The number of carbonyl (C=O) groups is 1. The highest BCUT2D eigenvalue weighted by Crippen LogP contribution is 2.22. The molecular weight excluding hydrogens is 388 g/mol. The molecule has 1 amide bonds. The Kier molecular flexibility index (Phi) is 6.46. The number of benzene rings is 2. The molecule has 0 saturated carbocycles. The SMILES string of the molecule is CCOc1ccc(/C(C)=N\NC(=O)c2ccccc2O)cc1Cn1ccsc1=N. The Morgan fingerprint density at radius 1 is 1.31 bits per heavy atom. The Bertz CT molecular complexity index is 1100. The molecule has 0 aliphatic rings. The fraction of sp³-hybridized carbons (Fsp3) is 0.190. The number of thiazole rings is 1. The summed E-state index contributed by atoms with van der Waals surface area (Å²) in [5.74, 6) is 0.168. The van der Waals surface area contributed by atoms with Gasteiger partial charge in [0.25, 0.3) is 5.91 Å². The van der Waals surface area contributed by atoms with Crippen LogP contribution >= 0.6 is 11.3 Å². The molecule has 0 atom stereocenters. The quantitative estimate of drug-likeness (QED) is 0.411. The van der Waals surface area contributed by atoms with Gasteiger partial charge in [0.15, 0.2) is 4.80 Å². The molecule has 150 valence electrons. The topological polar surface area (TPSA) is 99.7 Å². The molecule has 8 heteroatoms. The fourth-order valence-corrected chi connectivity index (χ4v) is 3.36. The highest BCUT2D eigenvalue weighted by atomic mass is 32.1. The Morgan fingerprint density at radius 3 is 2.79 bits per heavy atom. The molecule has 0 aliphatic carbocycles. The van der Waals surface area contributed by atoms with Gasteiger partial charge in [0.2, 0.25) is 0 Å². The highest BCUT2D eigenvalue weighted by molar-refractivity contribution is 7.06. The van der Waals surface area contributed by atoms with E-state index < -0.39 is 5.91 Å². The van der Waals surface area contributed by atoms with Crippen LogP contribution in [-0.2, 0) is 6.54 Å². The van der Waals surface area contributed by atoms with E-state index >= 15 is 0 Å². The third-order valence-corrected chi connectivity index (χ3v) is 4.99. The summed E-state index contributed by atoms with van der Waals surface area (Å²) in [6.45, 7) is 4.76. The predicted molar refractivity (Wildman–Crippen MR) is 113 cm³/mol. The molecule has 0 saturated heterocycles. The number of hydrogen-bond donors (Lipinski definition) is 3. The van der Waals surface area contributed by atoms with E-state index in [1.807, 2.05) is 41.3 Å². The molecule has 0 fully saturated rings. The summed E-state index contributed by atoms with van der Waals surface area (Å²) in [6, 6.07) is 12.0. The van der Waals surface area contributed by atoms with Gasteiger partial charge < -0.3 is 14.4 Å². The van der Waals surface area contributed by atoms with Crippen molar-refractivity contribution in [2.45, 2.75) is 20.4 Å². The van der Waals surface area contributed by atoms with Gasteiger partial charge in [-0.1, -0.05) is 12.1 Å². The normalized spacial score (nSPS) is 11.3. The number of phenols is 1. The number of nitrogens with one attached hydrogen (secondary N) is 2. The zero-order valence-corrected chi connectivity index (χ0v) is 17.0. The Hall–Kier alpha value is -3.39. The molecule has 1 aromatic heterocycles. The number of para-hydroxylation sites is 1. The Balaban J connectivity index is 1.83. The van der Waals surface area contributed by atoms with Crippen LogP contribution in [0.1, 0.15) is 35.3 Å². The average Bonchev–Trinajstić information content (AvgIpc) is 3.12. The average molecular weight is 410 g/mol. The summed E-state index contributed by atoms with van der Waals surface area (Å²) in [5, 5.41) is 23.8. The minimum Gasteiger partial charge on any atom is -0.507 e. The van der Waals surface area contributed by atoms with Crippen LogP contribution in [0, 0.1) is 5.41 Å². The van der Waals surface area contributed by atoms with Gasteiger partial charge in [0.1, 0.15) is 11.5 Å². The van der Waals surface area contributed by atoms with Crippen molar-refractivity contribution in [3.8, 4) is 11.5 Å². The minimum atomic E-state index is -0.485. The monoisotopic (exact) mass is 410 g/mol. The molecule has 7 nitrogen and oxygen atoms in total. The van der Waals surface area contributed by atoms with Crippen molar-refractivity contribution in [2.24, 2.45) is 5.10 Å². The van der Waals surface area contributed by atoms with Crippen LogP contribution in [0.15, 0.2) is 59.1 Å². The van der Waals surface area contributed by atoms with Gasteiger partial charge in [-0.3, -0.25) is 10.2 Å². The predicted octanol–water partition coefficient (Wildman–Crippen LogP) is 3.34. The first-order valence-electron chi connectivity index (χ1n) is 9.06. The van der Waals surface area contributed by atoms with Gasteiger partial charge >= 0.3 is 0 Å². The molecule has 0 unspecified atom stereocenters. The van der Waals surface area contributed by atoms with E-state index in [1.165, 1.54) is 23.5 Å². The van der Waals surface area contributed by atoms with Crippen LogP contribution in [-0.4, -0.2) is 27.9 Å². The van der Waals surface area contributed by atoms with Crippen molar-refractivity contribution in [1.29, 1.82) is 5.41 Å². The summed E-state index contributed by atoms with van der Waals surface area (Å²) in [6.07, 6.45) is 1.86. The first-order valence-corrected chi connectivity index (χ1v) is 9.94. The minimum absolute atomic E-state index is 0.0970. The van der Waals surface area contributed by atoms with E-state index in [0.29, 0.717) is 23.7 Å². The maximum atomic E-state index is 12.2. The second-order valence-electron chi connectivity index (χ2n) is 6.25. The number of aromatic nitrogens is 1. The molecular formula is C21H22N4O3S. The van der Waals surface area contributed by atoms with Crippen LogP contribution in [0.4, 0.5) is 0 Å². The summed E-state index contributed by atoms with van der Waals surface area (Å²) in [5.41, 5.74) is 4.99. The van der Waals surface area contributed by atoms with Gasteiger partial charge in [-0.2, -0.15) is 5.10 Å². The van der Waals surface area contributed by atoms with Crippen LogP contribution in [0.3, 0.4) is 0 Å². The van der Waals surface area contributed by atoms with Crippen LogP contribution < -0.4 is 15.0 Å². The van der Waals surface area contributed by atoms with E-state index in [1.54, 1.807) is 19.1 Å². The van der Waals surface area contributed by atoms with Crippen molar-refractivity contribution in [1.82, 2.24) is 9.99 Å². The number of aromatic hydroxyl groups is 1. The van der Waals surface area contributed by atoms with Gasteiger partial charge in [-0.25, -0.2) is 5.43 Å². The first-order chi connectivity index (χ1) is 14.0. The largest absolute Gasteiger partial charge is 0.507 e. The lowest BCUT2D eigenvalue weighted by atomic mass is 10.1. The molecule has 2 aromatic carbocycles. The third kappa shape index (κ3) is 4.91. The van der Waals surface area contributed by atoms with E-state index in [4.69, 9.17) is 10.1 Å². The smallest absolute Gasteiger partial charge is 0.275 e. The van der Waals surface area contributed by atoms with Gasteiger partial charge in [0.05, 0.1) is 24.4 Å². The maximum Gasteiger partial charge on any atom is 0.275 e. The molecule has 29 heavy (non-hydrogen) atoms. The number of hydrazone groups is 1. The van der Waals surface area contributed by atoms with E-state index in [9.17, 15) is 9.90 Å². The zero-order valence-electron chi connectivity index (χ0n) is 16.2. The van der Waals surface area contributed by atoms with E-state index in [-0.39, 0.29) is 11.3 Å². The number of phenolic OH excluding ortho intramolecular Hbond substituents is 1. The Morgan fingerprint density at radius 2 is 2.10 bits per heavy atom. The maximum absolute atomic E-state index is 12.2. The third-order valence-electron chi connectivity index (χ3n) is 4.27. The molecule has 0 spiro atoms. The second kappa shape index (κ2) is 9.20. The van der Waals surface area contributed by atoms with Gasteiger partial charge in [-0.15, -0.1) is 11.3 Å². The lowest BCUT2D eigenvalue weighted by molar-refractivity contribution is 0.0952. The Labute approximate surface area is 172 Å². The number of rotatable bonds is 7. The molecule has 3 N–H and O–H groups in total. The number of hydrogen-bond acceptors (Lipinski definition) is 6. The molecule has 3 rings (SSSR count). The number of ether oxygens (including phenoxy) is 1. The number of carbonyl (C=O) groups excluding carboxylic acids is 1. The van der Waals surface area contributed by atoms with Crippen LogP contribution in [0.2, 0.25) is 0 Å². The number of amides is 1. The second-order valence-corrected chi connectivity index (χ2v) is 7.14. The summed E-state index contributed by atoms with van der Waals surface area (Å²) in [7, 11) is 0. The molecule has 1 heterocycles. The van der Waals surface area contributed by atoms with Crippen molar-refractivity contribution in [3.63, 3.8) is 0 Å². The fourth-order valence-electron chi connectivity index (χ4n) is 2.76. The van der Waals surface area contributed by atoms with Gasteiger partial charge in [-0.05, 0) is 49.7 Å². The standard InChI is InChI=1S/C21H22N4O3S/c1-3-28-19-9-8-15(12-16(19)13-25-10-11-29-21(25)22)14(2)23-24-20(27)17-6-4-5-7-18(17)26/h4-12,22,26H,3,13H2,1-2H3,(H,24,27)/b22-21?,23-14-. The first kappa shape index (κ1) is 20.3. The van der Waals surface area contributed by atoms with Crippen LogP contribution in [0.5, 0.6) is 11.5 Å². The lowest BCUT2D eigenvalue weighted by Gasteiger charge is -2.13. The molecule has 0 bridgehead atoms. The summed E-state index contributed by atoms with van der Waals surface area (Å²) >= 11 is 1.36. The summed E-state index contributed by atoms with van der Waals surface area (Å²) in [4.78, 5) is 12.7. The van der Waals surface area contributed by atoms with Gasteiger partial charge in [0, 0.05) is 17.1 Å². The molecule has 3 aromatic rings. The number of nitrogens with zero attached hydrogens (tertiary/aromatic N) is 2. The lowest BCUT2D eigenvalue weighted by Crippen LogP contribution is -2.19. The molecule has 0 aliphatic heterocycles. The van der Waals surface area contributed by atoms with Crippen LogP contribution in [0.25, 0.3) is 0 Å². The molecule has 0 radical (unpaired) electrons. The zero-order chi connectivity index (χ0) is 20.8. The highest BCUT2D eigenvalue weighted by Gasteiger charge is 2.11.